The van der Waals surface area contributed by atoms with Gasteiger partial charge < -0.3 is 25.6 Å². The number of nitrogens with zero attached hydrogens (tertiary/aromatic N) is 1. The van der Waals surface area contributed by atoms with E-state index in [1.54, 1.807) is 0 Å². The zero-order valence-electron chi connectivity index (χ0n) is 16.9. The van der Waals surface area contributed by atoms with Gasteiger partial charge in [-0.2, -0.15) is 0 Å². The van der Waals surface area contributed by atoms with Gasteiger partial charge in [-0.15, -0.1) is 0 Å². The highest BCUT2D eigenvalue weighted by molar-refractivity contribution is 5.95. The molecule has 2 fully saturated rings. The number of amides is 1. The molecule has 1 aliphatic heterocycles. The summed E-state index contributed by atoms with van der Waals surface area (Å²) in [5, 5.41) is 20.0. The van der Waals surface area contributed by atoms with Crippen LogP contribution in [0, 0.1) is 0 Å². The van der Waals surface area contributed by atoms with Crippen molar-refractivity contribution in [1.29, 1.82) is 0 Å². The number of ether oxygens (including phenoxy) is 2. The molecule has 2 aliphatic carbocycles. The number of aliphatic imine (C=N–C) groups is 1. The van der Waals surface area contributed by atoms with Crippen LogP contribution in [0.3, 0.4) is 0 Å². The quantitative estimate of drug-likeness (QED) is 0.339. The van der Waals surface area contributed by atoms with Crippen molar-refractivity contribution in [3.8, 4) is 0 Å². The fourth-order valence-corrected chi connectivity index (χ4v) is 4.59. The van der Waals surface area contributed by atoms with Crippen LogP contribution in [0.1, 0.15) is 51.4 Å². The van der Waals surface area contributed by atoms with E-state index in [9.17, 15) is 18.7 Å². The minimum Gasteiger partial charge on any atom is -0.393 e. The van der Waals surface area contributed by atoms with Crippen molar-refractivity contribution in [3.63, 3.8) is 0 Å². The van der Waals surface area contributed by atoms with E-state index in [1.807, 2.05) is 0 Å². The maximum atomic E-state index is 12.8. The summed E-state index contributed by atoms with van der Waals surface area (Å²) in [6, 6.07) is -0.164. The Labute approximate surface area is 174 Å². The number of alkyl halides is 2. The molecule has 9 nitrogen and oxygen atoms in total. The Hall–Kier alpha value is -1.66. The van der Waals surface area contributed by atoms with Crippen LogP contribution in [0.15, 0.2) is 16.8 Å². The second kappa shape index (κ2) is 10.1. The lowest BCUT2D eigenvalue weighted by Crippen LogP contribution is -2.73. The Balaban J connectivity index is 1.74. The lowest BCUT2D eigenvalue weighted by molar-refractivity contribution is -0.281. The Bertz CT molecular complexity index is 649. The fourth-order valence-electron chi connectivity index (χ4n) is 4.59. The van der Waals surface area contributed by atoms with E-state index in [0.717, 1.165) is 19.3 Å². The highest BCUT2D eigenvalue weighted by Gasteiger charge is 2.45. The summed E-state index contributed by atoms with van der Waals surface area (Å²) in [5.41, 5.74) is 5.85. The molecule has 30 heavy (non-hydrogen) atoms. The fraction of sp³-hybridized carbons (Fsp3) is 0.789. The summed E-state index contributed by atoms with van der Waals surface area (Å²) in [7, 11) is 0. The van der Waals surface area contributed by atoms with E-state index in [1.165, 1.54) is 12.5 Å². The Morgan fingerprint density at radius 3 is 2.47 bits per heavy atom. The van der Waals surface area contributed by atoms with Crippen LogP contribution in [-0.4, -0.2) is 60.8 Å². The molecule has 0 aromatic rings. The average Bonchev–Trinajstić information content (AvgIpc) is 2.70. The first-order valence-corrected chi connectivity index (χ1v) is 10.3. The summed E-state index contributed by atoms with van der Waals surface area (Å²) in [4.78, 5) is 16.2. The minimum atomic E-state index is -1.28. The molecule has 2 saturated carbocycles. The summed E-state index contributed by atoms with van der Waals surface area (Å²) in [5.74, 6) is -3.08. The van der Waals surface area contributed by atoms with E-state index < -0.39 is 37.3 Å². The summed E-state index contributed by atoms with van der Waals surface area (Å²) in [6.45, 7) is -2.11. The van der Waals surface area contributed by atoms with Crippen LogP contribution in [0.5, 0.6) is 0 Å². The largest absolute Gasteiger partial charge is 0.393 e. The zero-order chi connectivity index (χ0) is 21.6. The van der Waals surface area contributed by atoms with E-state index in [4.69, 9.17) is 15.2 Å². The number of hydrogen-bond acceptors (Lipinski definition) is 8. The predicted octanol–water partition coefficient (Wildman–Crippen LogP) is 0.650. The zero-order valence-corrected chi connectivity index (χ0v) is 16.9. The van der Waals surface area contributed by atoms with E-state index in [0.29, 0.717) is 32.1 Å². The van der Waals surface area contributed by atoms with Crippen molar-refractivity contribution in [3.05, 3.63) is 11.8 Å². The molecule has 3 atom stereocenters. The summed E-state index contributed by atoms with van der Waals surface area (Å²) >= 11 is 0. The van der Waals surface area contributed by atoms with E-state index in [-0.39, 0.29) is 17.7 Å². The number of rotatable bonds is 9. The summed E-state index contributed by atoms with van der Waals surface area (Å²) < 4.78 is 35.6. The van der Waals surface area contributed by atoms with Gasteiger partial charge in [0.2, 0.25) is 0 Å². The second-order valence-electron chi connectivity index (χ2n) is 8.08. The van der Waals surface area contributed by atoms with Gasteiger partial charge in [0.25, 0.3) is 5.91 Å². The lowest BCUT2D eigenvalue weighted by atomic mass is 9.88. The number of hydrogen-bond donors (Lipinski definition) is 5. The number of halogens is 2. The van der Waals surface area contributed by atoms with Gasteiger partial charge in [0.1, 0.15) is 0 Å². The normalized spacial score (nSPS) is 31.8. The van der Waals surface area contributed by atoms with Gasteiger partial charge in [-0.25, -0.2) is 13.8 Å². The van der Waals surface area contributed by atoms with Crippen LogP contribution < -0.4 is 21.7 Å². The first-order chi connectivity index (χ1) is 14.4. The maximum Gasteiger partial charge on any atom is 0.251 e. The molecule has 0 radical (unpaired) electrons. The Morgan fingerprint density at radius 2 is 1.87 bits per heavy atom. The molecule has 0 saturated heterocycles. The maximum absolute atomic E-state index is 12.8. The second-order valence-corrected chi connectivity index (χ2v) is 8.08. The third kappa shape index (κ3) is 5.33. The average molecular weight is 431 g/mol. The molecule has 3 rings (SSSR count). The SMILES string of the molecule is NC(=O)C1=CN=CNC1(NC1CCC(OCF)(OCF)CC1)N[C@@H]1CCC[C@H](O)C1. The van der Waals surface area contributed by atoms with Gasteiger partial charge in [-0.3, -0.25) is 15.4 Å². The van der Waals surface area contributed by atoms with Crippen LogP contribution >= 0.6 is 0 Å². The molecule has 0 aromatic heterocycles. The first-order valence-electron chi connectivity index (χ1n) is 10.3. The molecule has 0 spiro atoms. The molecule has 6 N–H and O–H groups in total. The van der Waals surface area contributed by atoms with Crippen LogP contribution in [0.4, 0.5) is 8.78 Å². The van der Waals surface area contributed by atoms with Gasteiger partial charge in [0.05, 0.1) is 18.0 Å². The number of aliphatic hydroxyl groups excluding tert-OH is 1. The van der Waals surface area contributed by atoms with Gasteiger partial charge in [-0.1, -0.05) is 0 Å². The van der Waals surface area contributed by atoms with Crippen molar-refractivity contribution in [1.82, 2.24) is 16.0 Å². The molecule has 11 heteroatoms. The van der Waals surface area contributed by atoms with Crippen molar-refractivity contribution in [2.75, 3.05) is 13.7 Å². The van der Waals surface area contributed by atoms with Crippen LogP contribution in [-0.2, 0) is 14.3 Å². The van der Waals surface area contributed by atoms with Gasteiger partial charge in [-0.05, 0) is 38.5 Å². The van der Waals surface area contributed by atoms with Crippen LogP contribution in [0.2, 0.25) is 0 Å². The number of nitrogens with two attached hydrogens (primary N) is 1. The molecule has 1 amide bonds. The lowest BCUT2D eigenvalue weighted by Gasteiger charge is -2.46. The highest BCUT2D eigenvalue weighted by Crippen LogP contribution is 2.34. The number of primary amides is 1. The third-order valence-corrected chi connectivity index (χ3v) is 6.10. The van der Waals surface area contributed by atoms with Crippen molar-refractivity contribution in [2.24, 2.45) is 10.7 Å². The Morgan fingerprint density at radius 1 is 1.20 bits per heavy atom. The molecule has 3 aliphatic rings. The molecular weight excluding hydrogens is 400 g/mol. The minimum absolute atomic E-state index is 0.0459. The van der Waals surface area contributed by atoms with Crippen molar-refractivity contribution in [2.45, 2.75) is 81.1 Å². The number of carbonyl (C=O) groups excluding carboxylic acids is 1. The third-order valence-electron chi connectivity index (χ3n) is 6.10. The Kier molecular flexibility index (Phi) is 7.75. The number of nitrogens with one attached hydrogen (secondary N) is 3. The van der Waals surface area contributed by atoms with Crippen LogP contribution in [0.25, 0.3) is 0 Å². The molecular formula is C19H31F2N5O4. The molecule has 170 valence electrons. The molecule has 0 aromatic carbocycles. The molecule has 1 heterocycles. The van der Waals surface area contributed by atoms with E-state index in [2.05, 4.69) is 20.9 Å². The topological polar surface area (TPSA) is 130 Å². The molecule has 1 unspecified atom stereocenters. The molecule has 0 bridgehead atoms. The monoisotopic (exact) mass is 431 g/mol. The van der Waals surface area contributed by atoms with Gasteiger partial charge >= 0.3 is 0 Å². The predicted molar refractivity (Wildman–Crippen MR) is 105 cm³/mol. The smallest absolute Gasteiger partial charge is 0.251 e. The first kappa shape index (κ1) is 23.0. The van der Waals surface area contributed by atoms with Gasteiger partial charge in [0, 0.05) is 31.1 Å². The standard InChI is InChI=1S/C19H31F2N5O4/c20-10-29-18(30-11-21)6-4-13(5-7-18)25-19(16(17(22)28)9-23-12-24-19)26-14-2-1-3-15(27)8-14/h9,12-15,25-27H,1-8,10-11H2,(H2,22,28)(H,23,24)/t14-,15+,19?/m1/s1. The van der Waals surface area contributed by atoms with Crippen molar-refractivity contribution < 1.29 is 28.2 Å². The highest BCUT2D eigenvalue weighted by atomic mass is 19.1. The number of carbonyl (C=O) groups is 1. The van der Waals surface area contributed by atoms with E-state index >= 15 is 0 Å². The summed E-state index contributed by atoms with van der Waals surface area (Å²) in [6.07, 6.45) is 7.07. The van der Waals surface area contributed by atoms with Gasteiger partial charge in [0.15, 0.2) is 25.3 Å². The van der Waals surface area contributed by atoms with Crippen molar-refractivity contribution >= 4 is 12.2 Å². The number of aliphatic hydroxyl groups is 1.